The second-order valence-corrected chi connectivity index (χ2v) is 19.2. The van der Waals surface area contributed by atoms with E-state index in [0.717, 1.165) is 29.3 Å². The van der Waals surface area contributed by atoms with Gasteiger partial charge in [0, 0.05) is 10.0 Å². The number of benzene rings is 6. The zero-order valence-electron chi connectivity index (χ0n) is 34.2. The molecule has 1 aliphatic rings. The van der Waals surface area contributed by atoms with Crippen molar-refractivity contribution >= 4 is 72.8 Å². The summed E-state index contributed by atoms with van der Waals surface area (Å²) in [6.07, 6.45) is 12.2. The molecule has 0 heterocycles. The van der Waals surface area contributed by atoms with Gasteiger partial charge in [0.1, 0.15) is 0 Å². The first-order valence-corrected chi connectivity index (χ1v) is 21.3. The number of hydrogen-bond acceptors (Lipinski definition) is 0. The van der Waals surface area contributed by atoms with Gasteiger partial charge in [-0.3, -0.25) is 6.08 Å². The normalized spacial score (nSPS) is 11.9. The van der Waals surface area contributed by atoms with Gasteiger partial charge in [0.15, 0.2) is 0 Å². The maximum atomic E-state index is 6.20. The molecule has 0 aromatic heterocycles. The molecular weight excluding hydrogens is 870 g/mol. The summed E-state index contributed by atoms with van der Waals surface area (Å²) in [5.41, 5.74) is 10.5. The van der Waals surface area contributed by atoms with Crippen LogP contribution in [0, 0.1) is 6.08 Å². The molecule has 0 saturated heterocycles. The molecule has 8 rings (SSSR count). The Kier molecular flexibility index (Phi) is 17.3. The van der Waals surface area contributed by atoms with Crippen molar-refractivity contribution in [3.05, 3.63) is 196 Å². The molecule has 1 aliphatic carbocycles. The Morgan fingerprint density at radius 3 is 1.29 bits per heavy atom. The third-order valence-corrected chi connectivity index (χ3v) is 11.4. The minimum atomic E-state index is 0. The van der Waals surface area contributed by atoms with Crippen molar-refractivity contribution in [2.24, 2.45) is 0 Å². The van der Waals surface area contributed by atoms with E-state index in [1.807, 2.05) is 36.4 Å². The van der Waals surface area contributed by atoms with Gasteiger partial charge in [0.25, 0.3) is 0 Å². The van der Waals surface area contributed by atoms with Crippen LogP contribution in [0.4, 0.5) is 0 Å². The van der Waals surface area contributed by atoms with Crippen LogP contribution in [0.15, 0.2) is 158 Å². The van der Waals surface area contributed by atoms with E-state index in [2.05, 4.69) is 169 Å². The van der Waals surface area contributed by atoms with E-state index in [-0.39, 0.29) is 35.6 Å². The molecule has 0 fully saturated rings. The van der Waals surface area contributed by atoms with E-state index < -0.39 is 0 Å². The van der Waals surface area contributed by atoms with Crippen LogP contribution >= 0.6 is 48.0 Å². The topological polar surface area (TPSA) is 0 Å². The predicted molar refractivity (Wildman–Crippen MR) is 257 cm³/mol. The van der Waals surface area contributed by atoms with Crippen molar-refractivity contribution < 1.29 is 24.2 Å². The van der Waals surface area contributed by atoms with Crippen molar-refractivity contribution in [1.29, 1.82) is 0 Å². The van der Waals surface area contributed by atoms with Crippen LogP contribution in [-0.4, -0.2) is 3.21 Å². The molecule has 0 spiro atoms. The van der Waals surface area contributed by atoms with Crippen LogP contribution in [0.3, 0.4) is 0 Å². The van der Waals surface area contributed by atoms with E-state index in [1.165, 1.54) is 66.1 Å². The van der Waals surface area contributed by atoms with Gasteiger partial charge in [-0.25, -0.2) is 12.2 Å². The van der Waals surface area contributed by atoms with E-state index in [1.54, 1.807) is 27.4 Å². The molecule has 0 saturated carbocycles. The average Bonchev–Trinajstić information content (AvgIpc) is 3.87. The molecule has 0 N–H and O–H groups in total. The summed E-state index contributed by atoms with van der Waals surface area (Å²) in [6.45, 7) is 13.7. The van der Waals surface area contributed by atoms with Gasteiger partial charge in [0.05, 0.1) is 0 Å². The summed E-state index contributed by atoms with van der Waals surface area (Å²) in [5, 5.41) is 6.69. The summed E-state index contributed by atoms with van der Waals surface area (Å²) < 4.78 is 1.60. The number of fused-ring (bicyclic) bond motifs is 3. The predicted octanol–water partition coefficient (Wildman–Crippen LogP) is 16.3. The van der Waals surface area contributed by atoms with Crippen molar-refractivity contribution in [2.45, 2.75) is 71.6 Å². The van der Waals surface area contributed by atoms with Crippen molar-refractivity contribution in [2.75, 3.05) is 0 Å². The maximum absolute atomic E-state index is 6.20. The monoisotopic (exact) mass is 918 g/mol. The Morgan fingerprint density at radius 2 is 0.983 bits per heavy atom. The van der Waals surface area contributed by atoms with E-state index in [9.17, 15) is 0 Å². The second kappa shape index (κ2) is 21.2. The first kappa shape index (κ1) is 47.3. The Bertz CT molecular complexity index is 2290. The van der Waals surface area contributed by atoms with Crippen LogP contribution in [0.5, 0.6) is 0 Å². The Balaban J connectivity index is 0.000000268. The van der Waals surface area contributed by atoms with E-state index in [4.69, 9.17) is 23.2 Å². The molecule has 0 unspecified atom stereocenters. The van der Waals surface area contributed by atoms with Gasteiger partial charge in [-0.2, -0.15) is 6.08 Å². The zero-order valence-corrected chi connectivity index (χ0v) is 39.8. The van der Waals surface area contributed by atoms with Crippen LogP contribution < -0.4 is 0 Å². The van der Waals surface area contributed by atoms with Crippen LogP contribution in [0.1, 0.15) is 70.2 Å². The van der Waals surface area contributed by atoms with Crippen LogP contribution in [0.25, 0.3) is 43.8 Å². The summed E-state index contributed by atoms with van der Waals surface area (Å²) in [4.78, 5) is 0. The third kappa shape index (κ3) is 12.6. The average molecular weight is 922 g/mol. The first-order valence-electron chi connectivity index (χ1n) is 19.4. The van der Waals surface area contributed by atoms with Crippen LogP contribution in [-0.2, 0) is 47.9 Å². The number of allylic oxidation sites excluding steroid dienone is 4. The van der Waals surface area contributed by atoms with Gasteiger partial charge < -0.3 is 0 Å². The summed E-state index contributed by atoms with van der Waals surface area (Å²) >= 11 is 13.9. The molecule has 7 aromatic rings. The van der Waals surface area contributed by atoms with Gasteiger partial charge in [0.2, 0.25) is 0 Å². The molecular formula is C53H52Cl4Zr. The molecule has 0 radical (unpaired) electrons. The molecule has 0 amide bonds. The van der Waals surface area contributed by atoms with E-state index in [0.29, 0.717) is 0 Å². The molecule has 296 valence electrons. The molecule has 0 aliphatic heterocycles. The quantitative estimate of drug-likeness (QED) is 0.146. The molecule has 5 heteroatoms. The fourth-order valence-corrected chi connectivity index (χ4v) is 8.43. The summed E-state index contributed by atoms with van der Waals surface area (Å²) in [5.74, 6) is 0. The SMILES string of the molecule is CC(C)(C)c1cc2c(cc1-c1ccc(Cl)cc1)[cH-]c1cc(-c3ccc(Cl)cc3)c(C(C)(C)C)cc12.Cl.Cl.[C-]1=CC=CC1.[Zr+2]=[C](Cc1ccccc1)Cc1ccccc1. The molecule has 7 aromatic carbocycles. The van der Waals surface area contributed by atoms with Crippen molar-refractivity contribution in [1.82, 2.24) is 0 Å². The summed E-state index contributed by atoms with van der Waals surface area (Å²) in [7, 11) is 0. The number of halogens is 4. The van der Waals surface area contributed by atoms with E-state index >= 15 is 0 Å². The fraction of sp³-hybridized carbons (Fsp3) is 0.208. The molecule has 0 nitrogen and oxygen atoms in total. The van der Waals surface area contributed by atoms with Crippen molar-refractivity contribution in [3.63, 3.8) is 0 Å². The molecule has 0 atom stereocenters. The van der Waals surface area contributed by atoms with Crippen LogP contribution in [0.2, 0.25) is 10.0 Å². The molecule has 0 bridgehead atoms. The van der Waals surface area contributed by atoms with Gasteiger partial charge in [-0.15, -0.1) is 71.0 Å². The Hall–Kier alpha value is -3.42. The Labute approximate surface area is 383 Å². The van der Waals surface area contributed by atoms with Gasteiger partial charge in [-0.1, -0.05) is 101 Å². The second-order valence-electron chi connectivity index (χ2n) is 16.6. The Morgan fingerprint density at radius 1 is 0.586 bits per heavy atom. The minimum absolute atomic E-state index is 0. The number of hydrogen-bond donors (Lipinski definition) is 0. The third-order valence-electron chi connectivity index (χ3n) is 10.0. The first-order chi connectivity index (χ1) is 26.8. The standard InChI is InChI=1S/C33H31Cl2.C15H14.C5H5.2ClH.Zr/c1-32(2,3)30-18-26-22(16-28(30)20-7-11-24(34)12-8-20)15-23-17-29(21-9-13-25(35)14-10-21)31(19-27(23)26)33(4,5)6;1-3-8-14(9-4-1)12-7-13-15-10-5-2-6-11-15;1-2-4-5-3-1;;;/h7-19H,1-6H3;1-6,8-11H,12-13H2;1-3H,4H2;2*1H;/q-1;;-1;;;+2. The molecule has 58 heavy (non-hydrogen) atoms. The summed E-state index contributed by atoms with van der Waals surface area (Å²) in [6, 6.07) is 49.7. The number of rotatable bonds is 6. The van der Waals surface area contributed by atoms with Crippen molar-refractivity contribution in [3.8, 4) is 22.3 Å². The zero-order chi connectivity index (χ0) is 39.9. The fourth-order valence-electron chi connectivity index (χ4n) is 7.17. The van der Waals surface area contributed by atoms with Gasteiger partial charge >= 0.3 is 112 Å². The van der Waals surface area contributed by atoms with Gasteiger partial charge in [-0.05, 0) is 68.5 Å².